The number of rotatable bonds is 5. The maximum Gasteiger partial charge on any atom is 0.150 e. The van der Waals surface area contributed by atoms with Crippen LogP contribution >= 0.6 is 0 Å². The first-order valence-electron chi connectivity index (χ1n) is 7.56. The first-order valence-corrected chi connectivity index (χ1v) is 7.56. The van der Waals surface area contributed by atoms with Gasteiger partial charge in [0.25, 0.3) is 0 Å². The molecule has 0 aliphatic carbocycles. The fourth-order valence-corrected chi connectivity index (χ4v) is 2.64. The van der Waals surface area contributed by atoms with E-state index in [2.05, 4.69) is 18.2 Å². The van der Waals surface area contributed by atoms with E-state index in [9.17, 15) is 4.79 Å². The third kappa shape index (κ3) is 3.49. The molecule has 0 aliphatic rings. The van der Waals surface area contributed by atoms with E-state index in [1.165, 1.54) is 5.56 Å². The molecule has 0 fully saturated rings. The third-order valence-electron chi connectivity index (χ3n) is 3.93. The van der Waals surface area contributed by atoms with Crippen LogP contribution in [0.3, 0.4) is 0 Å². The van der Waals surface area contributed by atoms with Gasteiger partial charge < -0.3 is 4.74 Å². The van der Waals surface area contributed by atoms with Crippen LogP contribution in [0.15, 0.2) is 72.8 Å². The lowest BCUT2D eigenvalue weighted by molar-refractivity contribution is 0.112. The van der Waals surface area contributed by atoms with E-state index in [0.29, 0.717) is 0 Å². The molecule has 23 heavy (non-hydrogen) atoms. The lowest BCUT2D eigenvalue weighted by Gasteiger charge is -2.09. The highest BCUT2D eigenvalue weighted by molar-refractivity contribution is 5.81. The van der Waals surface area contributed by atoms with Crippen LogP contribution in [-0.2, 0) is 6.42 Å². The predicted molar refractivity (Wildman–Crippen MR) is 93.1 cm³/mol. The lowest BCUT2D eigenvalue weighted by atomic mass is 9.96. The molecule has 0 amide bonds. The molecule has 0 N–H and O–H groups in total. The molecule has 114 valence electrons. The second-order valence-electron chi connectivity index (χ2n) is 5.42. The standard InChI is InChI=1S/C21H18O2/c1-23-21-11-9-17(10-12-21)19-8-7-18(20(14-19)15-22)13-16-5-3-2-4-6-16/h2-12,14-15H,13H2,1H3. The molecule has 0 heterocycles. The Morgan fingerprint density at radius 3 is 2.22 bits per heavy atom. The number of aldehydes is 1. The topological polar surface area (TPSA) is 26.3 Å². The highest BCUT2D eigenvalue weighted by atomic mass is 16.5. The third-order valence-corrected chi connectivity index (χ3v) is 3.93. The molecule has 0 spiro atoms. The molecule has 2 heteroatoms. The Kier molecular flexibility index (Phi) is 4.53. The summed E-state index contributed by atoms with van der Waals surface area (Å²) in [5, 5.41) is 0. The monoisotopic (exact) mass is 302 g/mol. The van der Waals surface area contributed by atoms with Crippen molar-refractivity contribution in [2.75, 3.05) is 7.11 Å². The summed E-state index contributed by atoms with van der Waals surface area (Å²) >= 11 is 0. The zero-order valence-corrected chi connectivity index (χ0v) is 13.0. The van der Waals surface area contributed by atoms with Crippen LogP contribution in [0, 0.1) is 0 Å². The van der Waals surface area contributed by atoms with Crippen molar-refractivity contribution in [2.45, 2.75) is 6.42 Å². The van der Waals surface area contributed by atoms with Crippen molar-refractivity contribution in [2.24, 2.45) is 0 Å². The Labute approximate surface area is 136 Å². The molecular formula is C21H18O2. The zero-order chi connectivity index (χ0) is 16.1. The zero-order valence-electron chi connectivity index (χ0n) is 13.0. The maximum absolute atomic E-state index is 11.5. The molecule has 2 nitrogen and oxygen atoms in total. The van der Waals surface area contributed by atoms with Crippen molar-refractivity contribution in [3.63, 3.8) is 0 Å². The minimum atomic E-state index is 0.738. The molecule has 0 aromatic heterocycles. The summed E-state index contributed by atoms with van der Waals surface area (Å²) in [4.78, 5) is 11.5. The van der Waals surface area contributed by atoms with E-state index < -0.39 is 0 Å². The van der Waals surface area contributed by atoms with Crippen molar-refractivity contribution in [1.82, 2.24) is 0 Å². The van der Waals surface area contributed by atoms with Crippen molar-refractivity contribution in [3.05, 3.63) is 89.5 Å². The molecular weight excluding hydrogens is 284 g/mol. The highest BCUT2D eigenvalue weighted by Gasteiger charge is 2.06. The van der Waals surface area contributed by atoms with Crippen molar-refractivity contribution in [1.29, 1.82) is 0 Å². The molecule has 0 bridgehead atoms. The van der Waals surface area contributed by atoms with Gasteiger partial charge in [0.1, 0.15) is 12.0 Å². The first-order chi connectivity index (χ1) is 11.3. The van der Waals surface area contributed by atoms with Crippen LogP contribution in [0.25, 0.3) is 11.1 Å². The molecule has 3 aromatic carbocycles. The fraction of sp³-hybridized carbons (Fsp3) is 0.0952. The predicted octanol–water partition coefficient (Wildman–Crippen LogP) is 4.77. The number of ether oxygens (including phenoxy) is 1. The van der Waals surface area contributed by atoms with Gasteiger partial charge >= 0.3 is 0 Å². The van der Waals surface area contributed by atoms with E-state index in [4.69, 9.17) is 4.74 Å². The van der Waals surface area contributed by atoms with Gasteiger partial charge in [0.15, 0.2) is 0 Å². The van der Waals surface area contributed by atoms with Crippen molar-refractivity contribution < 1.29 is 9.53 Å². The molecule has 3 aromatic rings. The molecule has 0 radical (unpaired) electrons. The van der Waals surface area contributed by atoms with Crippen LogP contribution in [0.1, 0.15) is 21.5 Å². The molecule has 0 saturated heterocycles. The van der Waals surface area contributed by atoms with Crippen LogP contribution < -0.4 is 4.74 Å². The maximum atomic E-state index is 11.5. The number of benzene rings is 3. The minimum Gasteiger partial charge on any atom is -0.497 e. The Morgan fingerprint density at radius 1 is 0.870 bits per heavy atom. The Morgan fingerprint density at radius 2 is 1.57 bits per heavy atom. The molecule has 3 rings (SSSR count). The Balaban J connectivity index is 1.91. The van der Waals surface area contributed by atoms with E-state index in [0.717, 1.165) is 40.7 Å². The van der Waals surface area contributed by atoms with Gasteiger partial charge in [0, 0.05) is 5.56 Å². The van der Waals surface area contributed by atoms with E-state index >= 15 is 0 Å². The lowest BCUT2D eigenvalue weighted by Crippen LogP contribution is -1.95. The molecule has 0 saturated carbocycles. The van der Waals surface area contributed by atoms with Gasteiger partial charge in [-0.1, -0.05) is 54.6 Å². The van der Waals surface area contributed by atoms with Crippen LogP contribution in [-0.4, -0.2) is 13.4 Å². The Hall–Kier alpha value is -2.87. The van der Waals surface area contributed by atoms with Gasteiger partial charge in [0.2, 0.25) is 0 Å². The molecule has 0 atom stereocenters. The van der Waals surface area contributed by atoms with Gasteiger partial charge in [-0.05, 0) is 46.9 Å². The quantitative estimate of drug-likeness (QED) is 0.635. The first kappa shape index (κ1) is 15.0. The largest absolute Gasteiger partial charge is 0.497 e. The Bertz CT molecular complexity index is 790. The summed E-state index contributed by atoms with van der Waals surface area (Å²) in [6, 6.07) is 24.1. The highest BCUT2D eigenvalue weighted by Crippen LogP contribution is 2.25. The fourth-order valence-electron chi connectivity index (χ4n) is 2.64. The number of hydrogen-bond donors (Lipinski definition) is 0. The smallest absolute Gasteiger partial charge is 0.150 e. The summed E-state index contributed by atoms with van der Waals surface area (Å²) in [7, 11) is 1.65. The number of carbonyl (C=O) groups is 1. The SMILES string of the molecule is COc1ccc(-c2ccc(Cc3ccccc3)c(C=O)c2)cc1. The minimum absolute atomic E-state index is 0.738. The van der Waals surface area contributed by atoms with Crippen LogP contribution in [0.5, 0.6) is 5.75 Å². The van der Waals surface area contributed by atoms with E-state index in [-0.39, 0.29) is 0 Å². The van der Waals surface area contributed by atoms with Crippen molar-refractivity contribution in [3.8, 4) is 16.9 Å². The average molecular weight is 302 g/mol. The normalized spacial score (nSPS) is 10.3. The molecule has 0 unspecified atom stereocenters. The van der Waals surface area contributed by atoms with Crippen molar-refractivity contribution >= 4 is 6.29 Å². The van der Waals surface area contributed by atoms with Gasteiger partial charge in [-0.25, -0.2) is 0 Å². The van der Waals surface area contributed by atoms with Gasteiger partial charge in [0.05, 0.1) is 7.11 Å². The van der Waals surface area contributed by atoms with E-state index in [1.54, 1.807) is 7.11 Å². The second-order valence-corrected chi connectivity index (χ2v) is 5.42. The average Bonchev–Trinajstić information content (AvgIpc) is 2.63. The number of hydrogen-bond acceptors (Lipinski definition) is 2. The summed E-state index contributed by atoms with van der Waals surface area (Å²) in [5.74, 6) is 0.824. The summed E-state index contributed by atoms with van der Waals surface area (Å²) in [6.45, 7) is 0. The summed E-state index contributed by atoms with van der Waals surface area (Å²) in [6.07, 6.45) is 1.70. The molecule has 0 aliphatic heterocycles. The van der Waals surface area contributed by atoms with E-state index in [1.807, 2.05) is 54.6 Å². The van der Waals surface area contributed by atoms with Gasteiger partial charge in [-0.15, -0.1) is 0 Å². The number of carbonyl (C=O) groups excluding carboxylic acids is 1. The van der Waals surface area contributed by atoms with Crippen LogP contribution in [0.2, 0.25) is 0 Å². The summed E-state index contributed by atoms with van der Waals surface area (Å²) in [5.41, 5.74) is 5.09. The second kappa shape index (κ2) is 6.93. The number of methoxy groups -OCH3 is 1. The van der Waals surface area contributed by atoms with Gasteiger partial charge in [-0.3, -0.25) is 4.79 Å². The summed E-state index contributed by atoms with van der Waals surface area (Å²) < 4.78 is 5.18. The van der Waals surface area contributed by atoms with Crippen LogP contribution in [0.4, 0.5) is 0 Å². The van der Waals surface area contributed by atoms with Gasteiger partial charge in [-0.2, -0.15) is 0 Å².